The Bertz CT molecular complexity index is 744. The third-order valence-electron chi connectivity index (χ3n) is 3.56. The van der Waals surface area contributed by atoms with Gasteiger partial charge in [-0.3, -0.25) is 4.79 Å². The van der Waals surface area contributed by atoms with Crippen LogP contribution in [0.2, 0.25) is 0 Å². The summed E-state index contributed by atoms with van der Waals surface area (Å²) in [5.41, 5.74) is 7.35. The van der Waals surface area contributed by atoms with E-state index in [0.29, 0.717) is 29.9 Å². The highest BCUT2D eigenvalue weighted by Gasteiger charge is 2.39. The summed E-state index contributed by atoms with van der Waals surface area (Å²) in [6.45, 7) is 0.488. The molecule has 1 aliphatic heterocycles. The Morgan fingerprint density at radius 3 is 2.79 bits per heavy atom. The summed E-state index contributed by atoms with van der Waals surface area (Å²) < 4.78 is 47.2. The van der Waals surface area contributed by atoms with Crippen LogP contribution in [0.4, 0.5) is 13.2 Å². The van der Waals surface area contributed by atoms with E-state index in [0.717, 1.165) is 5.57 Å². The summed E-state index contributed by atoms with van der Waals surface area (Å²) in [7, 11) is 0. The van der Waals surface area contributed by atoms with E-state index in [1.165, 1.54) is 24.2 Å². The summed E-state index contributed by atoms with van der Waals surface area (Å²) in [5, 5.41) is 3.36. The zero-order valence-corrected chi connectivity index (χ0v) is 13.0. The molecule has 10 heteroatoms. The first-order valence-corrected chi connectivity index (χ1v) is 7.84. The van der Waals surface area contributed by atoms with Gasteiger partial charge in [-0.1, -0.05) is 22.9 Å². The van der Waals surface area contributed by atoms with E-state index < -0.39 is 23.9 Å². The van der Waals surface area contributed by atoms with Gasteiger partial charge in [0, 0.05) is 11.3 Å². The van der Waals surface area contributed by atoms with Crippen molar-refractivity contribution in [2.75, 3.05) is 12.4 Å². The molecule has 24 heavy (non-hydrogen) atoms. The van der Waals surface area contributed by atoms with Gasteiger partial charge in [-0.15, -0.1) is 0 Å². The highest BCUT2D eigenvalue weighted by molar-refractivity contribution is 7.94. The number of allylic oxidation sites excluding steroid dienone is 3. The normalized spacial score (nSPS) is 24.8. The molecule has 3 rings (SSSR count). The number of nitrogens with two attached hydrogens (primary N) is 1. The minimum Gasteiger partial charge on any atom is -0.369 e. The maximum Gasteiger partial charge on any atom is 0.471 e. The summed E-state index contributed by atoms with van der Waals surface area (Å²) >= 11 is 1.25. The second-order valence-electron chi connectivity index (χ2n) is 5.15. The fourth-order valence-electron chi connectivity index (χ4n) is 2.41. The van der Waals surface area contributed by atoms with Crippen LogP contribution in [0.25, 0.3) is 5.57 Å². The van der Waals surface area contributed by atoms with E-state index >= 15 is 0 Å². The molecule has 0 saturated carbocycles. The molecule has 1 saturated heterocycles. The van der Waals surface area contributed by atoms with E-state index in [1.807, 2.05) is 0 Å². The molecular formula is C14H12F3N3O3S. The number of amides is 1. The zero-order chi connectivity index (χ0) is 17.3. The quantitative estimate of drug-likeness (QED) is 0.816. The van der Waals surface area contributed by atoms with E-state index in [2.05, 4.69) is 14.7 Å². The second kappa shape index (κ2) is 6.44. The maximum atomic E-state index is 12.6. The number of aromatic nitrogens is 2. The molecule has 2 heterocycles. The van der Waals surface area contributed by atoms with Crippen molar-refractivity contribution < 1.29 is 26.7 Å². The highest BCUT2D eigenvalue weighted by Crippen LogP contribution is 2.34. The average molecular weight is 359 g/mol. The zero-order valence-electron chi connectivity index (χ0n) is 12.2. The van der Waals surface area contributed by atoms with Gasteiger partial charge in [0.2, 0.25) is 11.7 Å². The van der Waals surface area contributed by atoms with Crippen LogP contribution >= 0.6 is 12.0 Å². The number of hydrogen-bond donors (Lipinski definition) is 1. The number of carbonyl (C=O) groups is 1. The summed E-state index contributed by atoms with van der Waals surface area (Å²) in [5.74, 6) is -2.24. The molecular weight excluding hydrogens is 347 g/mol. The van der Waals surface area contributed by atoms with Crippen LogP contribution in [-0.2, 0) is 15.2 Å². The van der Waals surface area contributed by atoms with Gasteiger partial charge in [-0.25, -0.2) is 0 Å². The van der Waals surface area contributed by atoms with Crippen LogP contribution in [0.1, 0.15) is 18.1 Å². The standard InChI is InChI=1S/C14H12F3N3O3S/c15-14(16,17)13-19-12(20-23-13)7-1-2-9(11(18)21)10(5-7)8-3-4-22-24-6-8/h1-2,5,9H,3-4,6H2,(H2,18,21). The van der Waals surface area contributed by atoms with Gasteiger partial charge in [-0.2, -0.15) is 18.2 Å². The van der Waals surface area contributed by atoms with Gasteiger partial charge < -0.3 is 14.4 Å². The Labute approximate surface area is 138 Å². The molecule has 0 bridgehead atoms. The van der Waals surface area contributed by atoms with Crippen LogP contribution in [-0.4, -0.2) is 28.4 Å². The molecule has 1 amide bonds. The van der Waals surface area contributed by atoms with Crippen molar-refractivity contribution in [3.05, 3.63) is 41.1 Å². The largest absolute Gasteiger partial charge is 0.471 e. The lowest BCUT2D eigenvalue weighted by molar-refractivity contribution is -0.159. The topological polar surface area (TPSA) is 91.2 Å². The van der Waals surface area contributed by atoms with Crippen LogP contribution in [0.5, 0.6) is 0 Å². The first kappa shape index (κ1) is 16.8. The number of hydrogen-bond acceptors (Lipinski definition) is 6. The third-order valence-corrected chi connectivity index (χ3v) is 4.36. The van der Waals surface area contributed by atoms with Gasteiger partial charge in [0.1, 0.15) is 0 Å². The smallest absolute Gasteiger partial charge is 0.369 e. The Hall–Kier alpha value is -2.07. The molecule has 1 atom stereocenters. The number of nitrogens with zero attached hydrogens (tertiary/aromatic N) is 2. The average Bonchev–Trinajstić information content (AvgIpc) is 3.05. The predicted octanol–water partition coefficient (Wildman–Crippen LogP) is 2.51. The van der Waals surface area contributed by atoms with Crippen LogP contribution in [0.3, 0.4) is 0 Å². The van der Waals surface area contributed by atoms with Crippen LogP contribution in [0.15, 0.2) is 33.9 Å². The predicted molar refractivity (Wildman–Crippen MR) is 79.2 cm³/mol. The molecule has 1 aliphatic carbocycles. The monoisotopic (exact) mass is 359 g/mol. The van der Waals surface area contributed by atoms with Gasteiger partial charge in [0.25, 0.3) is 0 Å². The number of alkyl halides is 3. The van der Waals surface area contributed by atoms with Crippen molar-refractivity contribution in [2.45, 2.75) is 12.6 Å². The minimum atomic E-state index is -4.71. The van der Waals surface area contributed by atoms with E-state index in [4.69, 9.17) is 9.92 Å². The van der Waals surface area contributed by atoms with Crippen LogP contribution in [0, 0.1) is 5.92 Å². The molecule has 0 aromatic carbocycles. The Balaban J connectivity index is 1.98. The molecule has 2 N–H and O–H groups in total. The molecule has 1 unspecified atom stereocenters. The third kappa shape index (κ3) is 3.39. The number of carbonyl (C=O) groups excluding carboxylic acids is 1. The molecule has 1 fully saturated rings. The fraction of sp³-hybridized carbons (Fsp3) is 0.357. The van der Waals surface area contributed by atoms with Crippen molar-refractivity contribution >= 4 is 23.5 Å². The molecule has 0 radical (unpaired) electrons. The Kier molecular flexibility index (Phi) is 4.50. The summed E-state index contributed by atoms with van der Waals surface area (Å²) in [6, 6.07) is 0. The van der Waals surface area contributed by atoms with Crippen molar-refractivity contribution in [1.29, 1.82) is 0 Å². The lowest BCUT2D eigenvalue weighted by Crippen LogP contribution is -2.26. The van der Waals surface area contributed by atoms with Gasteiger partial charge in [0.05, 0.1) is 12.5 Å². The van der Waals surface area contributed by atoms with Gasteiger partial charge in [0.15, 0.2) is 0 Å². The van der Waals surface area contributed by atoms with Crippen molar-refractivity contribution in [2.24, 2.45) is 11.7 Å². The van der Waals surface area contributed by atoms with Gasteiger partial charge >= 0.3 is 12.1 Å². The number of halogens is 3. The first-order valence-electron chi connectivity index (χ1n) is 6.93. The molecule has 1 aromatic rings. The van der Waals surface area contributed by atoms with Crippen molar-refractivity contribution in [3.63, 3.8) is 0 Å². The number of rotatable bonds is 2. The number of primary amides is 1. The summed E-state index contributed by atoms with van der Waals surface area (Å²) in [6.07, 6.45) is 0.491. The Morgan fingerprint density at radius 2 is 2.21 bits per heavy atom. The van der Waals surface area contributed by atoms with E-state index in [1.54, 1.807) is 6.08 Å². The molecule has 6 nitrogen and oxygen atoms in total. The van der Waals surface area contributed by atoms with Crippen molar-refractivity contribution in [1.82, 2.24) is 10.1 Å². The highest BCUT2D eigenvalue weighted by atomic mass is 32.2. The molecule has 0 spiro atoms. The summed E-state index contributed by atoms with van der Waals surface area (Å²) in [4.78, 5) is 15.0. The lowest BCUT2D eigenvalue weighted by atomic mass is 9.86. The molecule has 1 aromatic heterocycles. The fourth-order valence-corrected chi connectivity index (χ4v) is 3.15. The van der Waals surface area contributed by atoms with Gasteiger partial charge in [-0.05, 0) is 30.1 Å². The maximum absolute atomic E-state index is 12.6. The van der Waals surface area contributed by atoms with Crippen LogP contribution < -0.4 is 5.73 Å². The SMILES string of the molecule is NC(=O)C1C=CC(c2noc(C(F)(F)F)n2)=CC1=C1CCOSC1. The molecule has 2 aliphatic rings. The van der Waals surface area contributed by atoms with E-state index in [-0.39, 0.29) is 5.82 Å². The van der Waals surface area contributed by atoms with E-state index in [9.17, 15) is 18.0 Å². The minimum absolute atomic E-state index is 0.195. The Morgan fingerprint density at radius 1 is 1.42 bits per heavy atom. The van der Waals surface area contributed by atoms with Crippen molar-refractivity contribution in [3.8, 4) is 0 Å². The second-order valence-corrected chi connectivity index (χ2v) is 5.91. The lowest BCUT2D eigenvalue weighted by Gasteiger charge is -2.23. The molecule has 128 valence electrons. The first-order chi connectivity index (χ1) is 11.4.